The predicted molar refractivity (Wildman–Crippen MR) is 129 cm³/mol. The van der Waals surface area contributed by atoms with E-state index in [1.165, 1.54) is 6.07 Å². The number of benzene rings is 3. The van der Waals surface area contributed by atoms with E-state index in [2.05, 4.69) is 26.9 Å². The molecular formula is C25H24ClFN4O. The second-order valence-electron chi connectivity index (χ2n) is 8.41. The minimum absolute atomic E-state index is 0.0402. The minimum atomic E-state index is -0.572. The molecule has 5 rings (SSSR count). The van der Waals surface area contributed by atoms with Crippen LogP contribution in [0.25, 0.3) is 21.9 Å². The number of piperazine rings is 1. The molecule has 2 aliphatic heterocycles. The van der Waals surface area contributed by atoms with Gasteiger partial charge in [-0.1, -0.05) is 35.9 Å². The Morgan fingerprint density at radius 2 is 1.91 bits per heavy atom. The van der Waals surface area contributed by atoms with E-state index in [1.54, 1.807) is 19.2 Å². The lowest BCUT2D eigenvalue weighted by Gasteiger charge is -2.35. The molecule has 0 radical (unpaired) electrons. The molecule has 0 aromatic heterocycles. The van der Waals surface area contributed by atoms with Crippen LogP contribution in [0.2, 0.25) is 5.02 Å². The van der Waals surface area contributed by atoms with Gasteiger partial charge in [0, 0.05) is 43.3 Å². The zero-order valence-corrected chi connectivity index (χ0v) is 18.5. The molecule has 164 valence electrons. The van der Waals surface area contributed by atoms with Gasteiger partial charge in [-0.05, 0) is 54.1 Å². The number of likely N-dealkylation sites (tertiary alicyclic amines) is 1. The maximum Gasteiger partial charge on any atom is 0.158 e. The molecular weight excluding hydrogens is 427 g/mol. The van der Waals surface area contributed by atoms with Crippen LogP contribution in [0.3, 0.4) is 0 Å². The Morgan fingerprint density at radius 1 is 1.19 bits per heavy atom. The van der Waals surface area contributed by atoms with Gasteiger partial charge in [0.05, 0.1) is 5.02 Å². The average molecular weight is 451 g/mol. The molecule has 7 heteroatoms. The third-order valence-electron chi connectivity index (χ3n) is 6.44. The third-order valence-corrected chi connectivity index (χ3v) is 6.73. The standard InChI is InChI=1S/C25H24ClFN4O/c1-28-24-20(25(29-2)31-12-15-7-8-16(13-31)30-15)11-21(26)22(23(24)27)19-10-17(32)9-14-5-3-4-6-18(14)19/h3-6,9-11,15-16,30,32H,1,7-8,12-13H2,2H3. The summed E-state index contributed by atoms with van der Waals surface area (Å²) in [6, 6.07) is 13.2. The number of hydrogen-bond donors (Lipinski definition) is 2. The fraction of sp³-hybridized carbons (Fsp3) is 0.280. The van der Waals surface area contributed by atoms with E-state index in [-0.39, 0.29) is 22.0 Å². The second kappa shape index (κ2) is 8.19. The average Bonchev–Trinajstić information content (AvgIpc) is 3.12. The monoisotopic (exact) mass is 450 g/mol. The Hall–Kier alpha value is -2.96. The Morgan fingerprint density at radius 3 is 2.59 bits per heavy atom. The number of nitrogens with one attached hydrogen (secondary N) is 1. The second-order valence-corrected chi connectivity index (χ2v) is 8.81. The van der Waals surface area contributed by atoms with Gasteiger partial charge in [-0.3, -0.25) is 9.98 Å². The zero-order valence-electron chi connectivity index (χ0n) is 17.8. The van der Waals surface area contributed by atoms with Gasteiger partial charge in [-0.15, -0.1) is 0 Å². The van der Waals surface area contributed by atoms with Gasteiger partial charge in [0.2, 0.25) is 0 Å². The van der Waals surface area contributed by atoms with Crippen molar-refractivity contribution in [2.75, 3.05) is 20.1 Å². The van der Waals surface area contributed by atoms with E-state index in [0.717, 1.165) is 36.7 Å². The van der Waals surface area contributed by atoms with E-state index >= 15 is 4.39 Å². The van der Waals surface area contributed by atoms with E-state index in [9.17, 15) is 5.11 Å². The molecule has 2 atom stereocenters. The van der Waals surface area contributed by atoms with Gasteiger partial charge in [-0.25, -0.2) is 4.39 Å². The van der Waals surface area contributed by atoms with Crippen molar-refractivity contribution in [3.05, 3.63) is 58.9 Å². The first-order valence-corrected chi connectivity index (χ1v) is 11.1. The smallest absolute Gasteiger partial charge is 0.158 e. The summed E-state index contributed by atoms with van der Waals surface area (Å²) >= 11 is 6.69. The van der Waals surface area contributed by atoms with Crippen LogP contribution in [0, 0.1) is 5.82 Å². The molecule has 2 saturated heterocycles. The van der Waals surface area contributed by atoms with E-state index < -0.39 is 5.82 Å². The van der Waals surface area contributed by atoms with Crippen molar-refractivity contribution in [1.82, 2.24) is 10.2 Å². The Balaban J connectivity index is 1.67. The molecule has 2 fully saturated rings. The van der Waals surface area contributed by atoms with Crippen LogP contribution in [0.15, 0.2) is 52.4 Å². The van der Waals surface area contributed by atoms with Gasteiger partial charge < -0.3 is 15.3 Å². The summed E-state index contributed by atoms with van der Waals surface area (Å²) in [5, 5.41) is 15.7. The lowest BCUT2D eigenvalue weighted by Crippen LogP contribution is -2.53. The summed E-state index contributed by atoms with van der Waals surface area (Å²) in [4.78, 5) is 10.7. The van der Waals surface area contributed by atoms with Crippen LogP contribution < -0.4 is 5.32 Å². The van der Waals surface area contributed by atoms with Crippen LogP contribution in [-0.2, 0) is 0 Å². The fourth-order valence-corrected chi connectivity index (χ4v) is 5.38. The molecule has 0 amide bonds. The van der Waals surface area contributed by atoms with Gasteiger partial charge >= 0.3 is 0 Å². The molecule has 2 heterocycles. The van der Waals surface area contributed by atoms with Gasteiger partial charge in [0.15, 0.2) is 5.82 Å². The molecule has 5 nitrogen and oxygen atoms in total. The molecule has 0 aliphatic carbocycles. The first kappa shape index (κ1) is 20.9. The van der Waals surface area contributed by atoms with Gasteiger partial charge in [-0.2, -0.15) is 0 Å². The maximum absolute atomic E-state index is 16.0. The number of aromatic hydroxyl groups is 1. The van der Waals surface area contributed by atoms with Crippen LogP contribution in [0.1, 0.15) is 18.4 Å². The molecule has 0 spiro atoms. The lowest BCUT2D eigenvalue weighted by atomic mass is 9.95. The highest BCUT2D eigenvalue weighted by Gasteiger charge is 2.35. The van der Waals surface area contributed by atoms with Crippen molar-refractivity contribution in [1.29, 1.82) is 0 Å². The van der Waals surface area contributed by atoms with Crippen LogP contribution in [0.5, 0.6) is 5.75 Å². The normalized spacial score (nSPS) is 20.7. The SMILES string of the molecule is C=Nc1c(C(=NC)N2CC3CCC(C2)N3)cc(Cl)c(-c2cc(O)cc3ccccc23)c1F. The number of rotatable bonds is 3. The summed E-state index contributed by atoms with van der Waals surface area (Å²) < 4.78 is 16.0. The van der Waals surface area contributed by atoms with Crippen LogP contribution >= 0.6 is 11.6 Å². The summed E-state index contributed by atoms with van der Waals surface area (Å²) in [6.45, 7) is 5.24. The molecule has 3 aromatic rings. The Bertz CT molecular complexity index is 1250. The van der Waals surface area contributed by atoms with E-state index in [0.29, 0.717) is 29.0 Å². The highest BCUT2D eigenvalue weighted by Crippen LogP contribution is 2.43. The van der Waals surface area contributed by atoms with Crippen molar-refractivity contribution < 1.29 is 9.50 Å². The minimum Gasteiger partial charge on any atom is -0.508 e. The molecule has 3 aromatic carbocycles. The topological polar surface area (TPSA) is 60.2 Å². The quantitative estimate of drug-likeness (QED) is 0.428. The van der Waals surface area contributed by atoms with E-state index in [4.69, 9.17) is 11.6 Å². The van der Waals surface area contributed by atoms with Crippen molar-refractivity contribution in [2.24, 2.45) is 9.98 Å². The number of halogens is 2. The number of hydrogen-bond acceptors (Lipinski definition) is 4. The highest BCUT2D eigenvalue weighted by atomic mass is 35.5. The number of phenolic OH excluding ortho intramolecular Hbond substituents is 1. The first-order valence-electron chi connectivity index (χ1n) is 10.7. The summed E-state index contributed by atoms with van der Waals surface area (Å²) in [5.41, 5.74) is 1.35. The Kier molecular flexibility index (Phi) is 5.35. The highest BCUT2D eigenvalue weighted by molar-refractivity contribution is 6.34. The van der Waals surface area contributed by atoms with Crippen molar-refractivity contribution in [3.8, 4) is 16.9 Å². The molecule has 2 bridgehead atoms. The predicted octanol–water partition coefficient (Wildman–Crippen LogP) is 5.15. The van der Waals surface area contributed by atoms with E-state index in [1.807, 2.05) is 24.3 Å². The summed E-state index contributed by atoms with van der Waals surface area (Å²) in [7, 11) is 1.70. The molecule has 2 unspecified atom stereocenters. The largest absolute Gasteiger partial charge is 0.508 e. The number of amidine groups is 1. The summed E-state index contributed by atoms with van der Waals surface area (Å²) in [6.07, 6.45) is 2.26. The maximum atomic E-state index is 16.0. The van der Waals surface area contributed by atoms with Gasteiger partial charge in [0.25, 0.3) is 0 Å². The Labute approximate surface area is 191 Å². The summed E-state index contributed by atoms with van der Waals surface area (Å²) in [5.74, 6) is 0.134. The number of fused-ring (bicyclic) bond motifs is 3. The van der Waals surface area contributed by atoms with Crippen LogP contribution in [0.4, 0.5) is 10.1 Å². The van der Waals surface area contributed by atoms with Crippen molar-refractivity contribution in [3.63, 3.8) is 0 Å². The number of nitrogens with zero attached hydrogens (tertiary/aromatic N) is 3. The van der Waals surface area contributed by atoms with Crippen LogP contribution in [-0.4, -0.2) is 54.8 Å². The molecule has 0 saturated carbocycles. The number of aliphatic imine (C=N–C) groups is 2. The lowest BCUT2D eigenvalue weighted by molar-refractivity contribution is 0.289. The van der Waals surface area contributed by atoms with Gasteiger partial charge in [0.1, 0.15) is 17.3 Å². The molecule has 2 aliphatic rings. The molecule has 32 heavy (non-hydrogen) atoms. The van der Waals surface area contributed by atoms with Crippen molar-refractivity contribution >= 4 is 40.6 Å². The number of phenols is 1. The zero-order chi connectivity index (χ0) is 22.4. The molecule has 2 N–H and O–H groups in total. The van der Waals surface area contributed by atoms with Crippen molar-refractivity contribution in [2.45, 2.75) is 24.9 Å². The fourth-order valence-electron chi connectivity index (χ4n) is 5.08. The third kappa shape index (κ3) is 3.44. The first-order chi connectivity index (χ1) is 15.5.